The molecule has 8 heteroatoms. The smallest absolute Gasteiger partial charge is 0.238 e. The fraction of sp³-hybridized carbons (Fsp3) is 0.100. The molecule has 1 heterocycles. The van der Waals surface area contributed by atoms with Gasteiger partial charge in [-0.15, -0.1) is 0 Å². The summed E-state index contributed by atoms with van der Waals surface area (Å²) in [4.78, 5) is 0.0458. The lowest BCUT2D eigenvalue weighted by Gasteiger charge is -2.12. The first kappa shape index (κ1) is 25.9. The number of nitrogens with two attached hydrogens (primary N) is 1. The molecule has 1 aromatic heterocycles. The van der Waals surface area contributed by atoms with Crippen LogP contribution in [0, 0.1) is 0 Å². The first-order valence-electron chi connectivity index (χ1n) is 12.0. The molecular formula is C30H26ClN3O3S. The van der Waals surface area contributed by atoms with Gasteiger partial charge in [0, 0.05) is 16.1 Å². The number of hydrogen-bond donors (Lipinski definition) is 1. The summed E-state index contributed by atoms with van der Waals surface area (Å²) in [5.74, 6) is 0. The van der Waals surface area contributed by atoms with Crippen LogP contribution in [0.4, 0.5) is 0 Å². The van der Waals surface area contributed by atoms with Gasteiger partial charge < -0.3 is 4.74 Å². The fourth-order valence-electron chi connectivity index (χ4n) is 4.29. The van der Waals surface area contributed by atoms with E-state index in [9.17, 15) is 8.42 Å². The first-order valence-corrected chi connectivity index (χ1v) is 14.0. The molecule has 5 rings (SSSR count). The van der Waals surface area contributed by atoms with Crippen LogP contribution in [-0.2, 0) is 34.5 Å². The lowest BCUT2D eigenvalue weighted by molar-refractivity contribution is 0.102. The van der Waals surface area contributed by atoms with Crippen LogP contribution in [0.1, 0.15) is 16.8 Å². The zero-order valence-corrected chi connectivity index (χ0v) is 22.1. The van der Waals surface area contributed by atoms with E-state index in [4.69, 9.17) is 26.6 Å². The molecule has 0 radical (unpaired) electrons. The van der Waals surface area contributed by atoms with Crippen LogP contribution in [0.5, 0.6) is 0 Å². The number of aromatic nitrogens is 2. The van der Waals surface area contributed by atoms with Crippen molar-refractivity contribution in [3.05, 3.63) is 131 Å². The van der Waals surface area contributed by atoms with E-state index in [2.05, 4.69) is 12.1 Å². The summed E-state index contributed by atoms with van der Waals surface area (Å²) in [5, 5.41) is 11.0. The van der Waals surface area contributed by atoms with E-state index in [0.29, 0.717) is 30.5 Å². The maximum atomic E-state index is 11.8. The molecule has 38 heavy (non-hydrogen) atoms. The Morgan fingerprint density at radius 2 is 1.32 bits per heavy atom. The van der Waals surface area contributed by atoms with E-state index in [0.717, 1.165) is 33.5 Å². The van der Waals surface area contributed by atoms with Crippen LogP contribution in [0.25, 0.3) is 22.4 Å². The van der Waals surface area contributed by atoms with Gasteiger partial charge in [0.05, 0.1) is 30.3 Å². The second-order valence-electron chi connectivity index (χ2n) is 8.87. The van der Waals surface area contributed by atoms with Gasteiger partial charge in [-0.3, -0.25) is 4.68 Å². The predicted molar refractivity (Wildman–Crippen MR) is 150 cm³/mol. The largest absolute Gasteiger partial charge is 0.370 e. The second kappa shape index (κ2) is 11.3. The van der Waals surface area contributed by atoms with Gasteiger partial charge in [0.15, 0.2) is 0 Å². The molecule has 6 nitrogen and oxygen atoms in total. The van der Waals surface area contributed by atoms with Gasteiger partial charge in [0.1, 0.15) is 5.69 Å². The molecule has 0 atom stereocenters. The third-order valence-electron chi connectivity index (χ3n) is 6.17. The van der Waals surface area contributed by atoms with E-state index in [1.165, 1.54) is 12.1 Å². The molecule has 0 spiro atoms. The monoisotopic (exact) mass is 543 g/mol. The number of hydrogen-bond acceptors (Lipinski definition) is 4. The summed E-state index contributed by atoms with van der Waals surface area (Å²) in [6.07, 6.45) is 0. The number of primary sulfonamides is 1. The van der Waals surface area contributed by atoms with Gasteiger partial charge in [-0.05, 0) is 41.0 Å². The standard InChI is InChI=1S/C30H26ClN3O3S/c31-26-15-11-24(12-16-26)29-28(21-37-20-23-9-5-2-6-10-23)34(19-22-7-3-1-4-8-22)33-30(29)25-13-17-27(18-14-25)38(32,35)36/h1-18H,19-21H2,(H2,32,35,36). The SMILES string of the molecule is NS(=O)(=O)c1ccc(-c2nn(Cc3ccccc3)c(COCc3ccccc3)c2-c2ccc(Cl)cc2)cc1. The van der Waals surface area contributed by atoms with Gasteiger partial charge in [-0.25, -0.2) is 13.6 Å². The molecule has 0 unspecified atom stereocenters. The number of nitrogens with zero attached hydrogens (tertiary/aromatic N) is 2. The highest BCUT2D eigenvalue weighted by molar-refractivity contribution is 7.89. The van der Waals surface area contributed by atoms with Gasteiger partial charge in [0.2, 0.25) is 10.0 Å². The topological polar surface area (TPSA) is 87.2 Å². The average molecular weight is 544 g/mol. The summed E-state index contributed by atoms with van der Waals surface area (Å²) >= 11 is 6.21. The third-order valence-corrected chi connectivity index (χ3v) is 7.35. The molecule has 0 aliphatic heterocycles. The van der Waals surface area contributed by atoms with Gasteiger partial charge >= 0.3 is 0 Å². The summed E-state index contributed by atoms with van der Waals surface area (Å²) in [7, 11) is -3.81. The average Bonchev–Trinajstić information content (AvgIpc) is 3.27. The van der Waals surface area contributed by atoms with Crippen molar-refractivity contribution >= 4 is 21.6 Å². The Morgan fingerprint density at radius 3 is 1.92 bits per heavy atom. The summed E-state index contributed by atoms with van der Waals surface area (Å²) in [5.41, 5.74) is 6.37. The molecule has 0 saturated carbocycles. The van der Waals surface area contributed by atoms with Crippen LogP contribution in [0.15, 0.2) is 114 Å². The number of benzene rings is 4. The van der Waals surface area contributed by atoms with Crippen LogP contribution in [0.3, 0.4) is 0 Å². The fourth-order valence-corrected chi connectivity index (χ4v) is 4.94. The summed E-state index contributed by atoms with van der Waals surface area (Å²) in [6.45, 7) is 1.32. The maximum Gasteiger partial charge on any atom is 0.238 e. The highest BCUT2D eigenvalue weighted by Crippen LogP contribution is 2.36. The minimum absolute atomic E-state index is 0.0458. The number of ether oxygens (including phenoxy) is 1. The zero-order valence-electron chi connectivity index (χ0n) is 20.5. The Kier molecular flexibility index (Phi) is 7.72. The molecule has 0 fully saturated rings. The van der Waals surface area contributed by atoms with E-state index in [1.807, 2.05) is 77.5 Å². The quantitative estimate of drug-likeness (QED) is 0.237. The first-order chi connectivity index (χ1) is 18.4. The second-order valence-corrected chi connectivity index (χ2v) is 10.9. The zero-order chi connectivity index (χ0) is 26.5. The highest BCUT2D eigenvalue weighted by Gasteiger charge is 2.22. The van der Waals surface area contributed by atoms with Crippen LogP contribution < -0.4 is 5.14 Å². The summed E-state index contributed by atoms with van der Waals surface area (Å²) < 4.78 is 31.8. The maximum absolute atomic E-state index is 11.8. The van der Waals surface area contributed by atoms with Crippen molar-refractivity contribution in [2.45, 2.75) is 24.7 Å². The third kappa shape index (κ3) is 6.03. The lowest BCUT2D eigenvalue weighted by Crippen LogP contribution is -2.11. The number of rotatable bonds is 9. The minimum atomic E-state index is -3.81. The Hall–Kier alpha value is -3.75. The lowest BCUT2D eigenvalue weighted by atomic mass is 9.99. The van der Waals surface area contributed by atoms with E-state index < -0.39 is 10.0 Å². The molecule has 0 aliphatic carbocycles. The Morgan fingerprint density at radius 1 is 0.737 bits per heavy atom. The molecule has 4 aromatic carbocycles. The van der Waals surface area contributed by atoms with Gasteiger partial charge in [-0.1, -0.05) is 96.5 Å². The molecule has 0 saturated heterocycles. The number of halogens is 1. The van der Waals surface area contributed by atoms with Crippen LogP contribution in [0.2, 0.25) is 5.02 Å². The van der Waals surface area contributed by atoms with E-state index in [-0.39, 0.29) is 4.90 Å². The molecule has 0 aliphatic rings. The molecule has 2 N–H and O–H groups in total. The van der Waals surface area contributed by atoms with Crippen molar-refractivity contribution in [3.8, 4) is 22.4 Å². The van der Waals surface area contributed by atoms with E-state index >= 15 is 0 Å². The Labute approximate surface area is 227 Å². The van der Waals surface area contributed by atoms with E-state index in [1.54, 1.807) is 12.1 Å². The minimum Gasteiger partial charge on any atom is -0.370 e. The Bertz CT molecular complexity index is 1620. The van der Waals surface area contributed by atoms with Crippen molar-refractivity contribution in [3.63, 3.8) is 0 Å². The van der Waals surface area contributed by atoms with Crippen molar-refractivity contribution in [1.29, 1.82) is 0 Å². The van der Waals surface area contributed by atoms with Crippen molar-refractivity contribution in [2.75, 3.05) is 0 Å². The Balaban J connectivity index is 1.62. The number of sulfonamides is 1. The summed E-state index contributed by atoms with van der Waals surface area (Å²) in [6, 6.07) is 34.1. The normalized spacial score (nSPS) is 11.5. The molecule has 0 bridgehead atoms. The predicted octanol–water partition coefficient (Wildman–Crippen LogP) is 6.28. The molecule has 192 valence electrons. The van der Waals surface area contributed by atoms with Gasteiger partial charge in [0.25, 0.3) is 0 Å². The van der Waals surface area contributed by atoms with Crippen molar-refractivity contribution in [1.82, 2.24) is 9.78 Å². The van der Waals surface area contributed by atoms with Crippen molar-refractivity contribution < 1.29 is 13.2 Å². The highest BCUT2D eigenvalue weighted by atomic mass is 35.5. The van der Waals surface area contributed by atoms with Crippen LogP contribution in [-0.4, -0.2) is 18.2 Å². The van der Waals surface area contributed by atoms with Crippen LogP contribution >= 0.6 is 11.6 Å². The van der Waals surface area contributed by atoms with Crippen molar-refractivity contribution in [2.24, 2.45) is 5.14 Å². The molecule has 0 amide bonds. The molecular weight excluding hydrogens is 518 g/mol. The molecule has 5 aromatic rings. The van der Waals surface area contributed by atoms with Gasteiger partial charge in [-0.2, -0.15) is 5.10 Å².